The Balaban J connectivity index is 2.07. The van der Waals surface area contributed by atoms with Crippen molar-refractivity contribution in [3.63, 3.8) is 0 Å². The molecular weight excluding hydrogens is 248 g/mol. The lowest BCUT2D eigenvalue weighted by molar-refractivity contribution is 0.264. The van der Waals surface area contributed by atoms with Crippen LogP contribution in [-0.2, 0) is 6.42 Å². The maximum atomic E-state index is 14.0. The Labute approximate surface area is 105 Å². The molecule has 16 heavy (non-hydrogen) atoms. The summed E-state index contributed by atoms with van der Waals surface area (Å²) in [6, 6.07) is 5.22. The van der Waals surface area contributed by atoms with Crippen LogP contribution in [0.15, 0.2) is 18.2 Å². The van der Waals surface area contributed by atoms with E-state index >= 15 is 0 Å². The Morgan fingerprint density at radius 3 is 2.62 bits per heavy atom. The molecule has 4 heteroatoms. The number of hydrogen-bond acceptors (Lipinski definition) is 1. The lowest BCUT2D eigenvalue weighted by Crippen LogP contribution is -2.33. The summed E-state index contributed by atoms with van der Waals surface area (Å²) in [7, 11) is 0. The zero-order valence-corrected chi connectivity index (χ0v) is 10.4. The van der Waals surface area contributed by atoms with Crippen molar-refractivity contribution in [2.75, 3.05) is 6.54 Å². The van der Waals surface area contributed by atoms with Gasteiger partial charge in [-0.2, -0.15) is 0 Å². The van der Waals surface area contributed by atoms with Crippen LogP contribution in [0, 0.1) is 0 Å². The van der Waals surface area contributed by atoms with Gasteiger partial charge in [-0.15, -0.1) is 0 Å². The van der Waals surface area contributed by atoms with Crippen LogP contribution >= 0.6 is 23.2 Å². The number of alkyl halides is 1. The molecule has 2 rings (SSSR count). The van der Waals surface area contributed by atoms with Gasteiger partial charge in [0.2, 0.25) is 0 Å². The molecule has 1 aromatic carbocycles. The largest absolute Gasteiger partial charge is 0.311 e. The summed E-state index contributed by atoms with van der Waals surface area (Å²) in [6.07, 6.45) is 1.31. The van der Waals surface area contributed by atoms with Crippen molar-refractivity contribution in [2.45, 2.75) is 31.5 Å². The smallest absolute Gasteiger partial charge is 0.119 e. The SMILES string of the molecule is FC(Cc1c(Cl)cccc1Cl)C1CCCN1. The monoisotopic (exact) mass is 261 g/mol. The van der Waals surface area contributed by atoms with E-state index in [9.17, 15) is 4.39 Å². The molecule has 1 aromatic rings. The van der Waals surface area contributed by atoms with E-state index < -0.39 is 6.17 Å². The van der Waals surface area contributed by atoms with Gasteiger partial charge in [0.1, 0.15) is 6.17 Å². The van der Waals surface area contributed by atoms with Crippen molar-refractivity contribution in [3.05, 3.63) is 33.8 Å². The Morgan fingerprint density at radius 2 is 2.06 bits per heavy atom. The van der Waals surface area contributed by atoms with Gasteiger partial charge in [-0.05, 0) is 37.1 Å². The number of hydrogen-bond donors (Lipinski definition) is 1. The van der Waals surface area contributed by atoms with E-state index in [0.29, 0.717) is 15.6 Å². The molecular formula is C12H14Cl2FN. The predicted molar refractivity (Wildman–Crippen MR) is 66.1 cm³/mol. The van der Waals surface area contributed by atoms with Gasteiger partial charge in [0.05, 0.1) is 0 Å². The average molecular weight is 262 g/mol. The molecule has 1 nitrogen and oxygen atoms in total. The van der Waals surface area contributed by atoms with Crippen molar-refractivity contribution in [1.82, 2.24) is 5.32 Å². The molecule has 0 amide bonds. The van der Waals surface area contributed by atoms with Gasteiger partial charge in [-0.3, -0.25) is 0 Å². The second-order valence-electron chi connectivity index (χ2n) is 4.12. The highest BCUT2D eigenvalue weighted by molar-refractivity contribution is 6.35. The van der Waals surface area contributed by atoms with Gasteiger partial charge < -0.3 is 5.32 Å². The minimum absolute atomic E-state index is 0.0488. The van der Waals surface area contributed by atoms with E-state index in [4.69, 9.17) is 23.2 Å². The second kappa shape index (κ2) is 5.35. The molecule has 0 radical (unpaired) electrons. The summed E-state index contributed by atoms with van der Waals surface area (Å²) in [6.45, 7) is 0.904. The standard InChI is InChI=1S/C12H14Cl2FN/c13-9-3-1-4-10(14)8(9)7-11(15)12-5-2-6-16-12/h1,3-4,11-12,16H,2,5-7H2. The molecule has 1 aliphatic rings. The zero-order chi connectivity index (χ0) is 11.5. The van der Waals surface area contributed by atoms with Crippen LogP contribution < -0.4 is 5.32 Å². The van der Waals surface area contributed by atoms with Crippen LogP contribution in [-0.4, -0.2) is 18.8 Å². The van der Waals surface area contributed by atoms with Gasteiger partial charge in [-0.1, -0.05) is 29.3 Å². The normalized spacial score (nSPS) is 22.3. The van der Waals surface area contributed by atoms with E-state index in [1.165, 1.54) is 0 Å². The van der Waals surface area contributed by atoms with Crippen molar-refractivity contribution < 1.29 is 4.39 Å². The molecule has 1 fully saturated rings. The van der Waals surface area contributed by atoms with Gasteiger partial charge in [0.15, 0.2) is 0 Å². The fourth-order valence-corrected chi connectivity index (χ4v) is 2.64. The first-order valence-electron chi connectivity index (χ1n) is 5.49. The summed E-state index contributed by atoms with van der Waals surface area (Å²) < 4.78 is 14.0. The molecule has 1 aliphatic heterocycles. The second-order valence-corrected chi connectivity index (χ2v) is 4.94. The Morgan fingerprint density at radius 1 is 1.38 bits per heavy atom. The average Bonchev–Trinajstić information content (AvgIpc) is 2.76. The molecule has 88 valence electrons. The highest BCUT2D eigenvalue weighted by atomic mass is 35.5. The predicted octanol–water partition coefficient (Wildman–Crippen LogP) is 3.63. The summed E-state index contributed by atoms with van der Waals surface area (Å²) in [5.74, 6) is 0. The summed E-state index contributed by atoms with van der Waals surface area (Å²) in [5, 5.41) is 4.25. The number of halogens is 3. The first kappa shape index (κ1) is 12.2. The van der Waals surface area contributed by atoms with Crippen molar-refractivity contribution in [1.29, 1.82) is 0 Å². The van der Waals surface area contributed by atoms with Crippen LogP contribution in [0.1, 0.15) is 18.4 Å². The zero-order valence-electron chi connectivity index (χ0n) is 8.85. The third kappa shape index (κ3) is 2.68. The molecule has 1 saturated heterocycles. The number of nitrogens with one attached hydrogen (secondary N) is 1. The highest BCUT2D eigenvalue weighted by Gasteiger charge is 2.25. The van der Waals surface area contributed by atoms with Crippen LogP contribution in [0.4, 0.5) is 4.39 Å². The van der Waals surface area contributed by atoms with Crippen LogP contribution in [0.3, 0.4) is 0 Å². The summed E-state index contributed by atoms with van der Waals surface area (Å²) in [4.78, 5) is 0. The maximum Gasteiger partial charge on any atom is 0.119 e. The Kier molecular flexibility index (Phi) is 4.06. The van der Waals surface area contributed by atoms with Crippen molar-refractivity contribution in [2.24, 2.45) is 0 Å². The molecule has 0 spiro atoms. The Hall–Kier alpha value is -0.310. The van der Waals surface area contributed by atoms with Crippen molar-refractivity contribution >= 4 is 23.2 Å². The van der Waals surface area contributed by atoms with E-state index in [1.54, 1.807) is 18.2 Å². The lowest BCUT2D eigenvalue weighted by atomic mass is 10.0. The molecule has 0 bridgehead atoms. The van der Waals surface area contributed by atoms with E-state index in [2.05, 4.69) is 5.32 Å². The molecule has 2 atom stereocenters. The lowest BCUT2D eigenvalue weighted by Gasteiger charge is -2.17. The number of rotatable bonds is 3. The van der Waals surface area contributed by atoms with Crippen molar-refractivity contribution in [3.8, 4) is 0 Å². The van der Waals surface area contributed by atoms with E-state index in [0.717, 1.165) is 19.4 Å². The minimum Gasteiger partial charge on any atom is -0.311 e. The highest BCUT2D eigenvalue weighted by Crippen LogP contribution is 2.27. The van der Waals surface area contributed by atoms with E-state index in [-0.39, 0.29) is 12.5 Å². The van der Waals surface area contributed by atoms with E-state index in [1.807, 2.05) is 0 Å². The Bertz CT molecular complexity index is 344. The molecule has 0 aliphatic carbocycles. The fourth-order valence-electron chi connectivity index (χ4n) is 2.08. The van der Waals surface area contributed by atoms with Gasteiger partial charge >= 0.3 is 0 Å². The van der Waals surface area contributed by atoms with Crippen LogP contribution in [0.25, 0.3) is 0 Å². The third-order valence-electron chi connectivity index (χ3n) is 3.00. The van der Waals surface area contributed by atoms with Crippen LogP contribution in [0.5, 0.6) is 0 Å². The van der Waals surface area contributed by atoms with Gasteiger partial charge in [-0.25, -0.2) is 4.39 Å². The summed E-state index contributed by atoms with van der Waals surface area (Å²) >= 11 is 12.0. The molecule has 1 heterocycles. The molecule has 1 N–H and O–H groups in total. The maximum absolute atomic E-state index is 14.0. The fraction of sp³-hybridized carbons (Fsp3) is 0.500. The van der Waals surface area contributed by atoms with Gasteiger partial charge in [0.25, 0.3) is 0 Å². The topological polar surface area (TPSA) is 12.0 Å². The minimum atomic E-state index is -0.917. The van der Waals surface area contributed by atoms with Gasteiger partial charge in [0, 0.05) is 22.5 Å². The quantitative estimate of drug-likeness (QED) is 0.877. The number of benzene rings is 1. The summed E-state index contributed by atoms with van der Waals surface area (Å²) in [5.41, 5.74) is 0.715. The molecule has 0 aromatic heterocycles. The first-order valence-corrected chi connectivity index (χ1v) is 6.24. The van der Waals surface area contributed by atoms with Crippen LogP contribution in [0.2, 0.25) is 10.0 Å². The first-order chi connectivity index (χ1) is 7.68. The third-order valence-corrected chi connectivity index (χ3v) is 3.70. The molecule has 2 unspecified atom stereocenters. The molecule has 0 saturated carbocycles.